The molecule has 2 aromatic rings. The summed E-state index contributed by atoms with van der Waals surface area (Å²) in [7, 11) is 1.91. The SMILES string of the molecule is Cc1cc(C)c(NC(=O)CN(C)Cc2ccccc2Cl)c(C)c1. The van der Waals surface area contributed by atoms with Crippen molar-refractivity contribution < 1.29 is 4.79 Å². The van der Waals surface area contributed by atoms with Gasteiger partial charge in [0.05, 0.1) is 6.54 Å². The average Bonchev–Trinajstić information content (AvgIpc) is 2.45. The highest BCUT2D eigenvalue weighted by Crippen LogP contribution is 2.22. The van der Waals surface area contributed by atoms with Crippen LogP contribution in [0.4, 0.5) is 5.69 Å². The number of halogens is 1. The third-order valence-corrected chi connectivity index (χ3v) is 4.12. The van der Waals surface area contributed by atoms with Crippen molar-refractivity contribution in [1.82, 2.24) is 4.90 Å². The second-order valence-electron chi connectivity index (χ2n) is 6.09. The van der Waals surface area contributed by atoms with E-state index >= 15 is 0 Å². The van der Waals surface area contributed by atoms with E-state index in [0.717, 1.165) is 27.4 Å². The number of carbonyl (C=O) groups excluding carboxylic acids is 1. The van der Waals surface area contributed by atoms with Gasteiger partial charge in [0.15, 0.2) is 0 Å². The minimum atomic E-state index is -0.0189. The lowest BCUT2D eigenvalue weighted by atomic mass is 10.1. The maximum absolute atomic E-state index is 12.3. The molecule has 0 saturated carbocycles. The van der Waals surface area contributed by atoms with Crippen molar-refractivity contribution in [3.05, 3.63) is 63.7 Å². The summed E-state index contributed by atoms with van der Waals surface area (Å²) in [5.41, 5.74) is 5.31. The molecule has 1 amide bonds. The molecule has 0 aromatic heterocycles. The zero-order valence-electron chi connectivity index (χ0n) is 14.1. The highest BCUT2D eigenvalue weighted by Gasteiger charge is 2.11. The van der Waals surface area contributed by atoms with Crippen LogP contribution >= 0.6 is 11.6 Å². The highest BCUT2D eigenvalue weighted by molar-refractivity contribution is 6.31. The number of hydrogen-bond donors (Lipinski definition) is 1. The maximum atomic E-state index is 12.3. The van der Waals surface area contributed by atoms with E-state index in [2.05, 4.69) is 24.4 Å². The van der Waals surface area contributed by atoms with Crippen LogP contribution in [0.3, 0.4) is 0 Å². The Morgan fingerprint density at radius 1 is 1.13 bits per heavy atom. The van der Waals surface area contributed by atoms with Crippen LogP contribution < -0.4 is 5.32 Å². The summed E-state index contributed by atoms with van der Waals surface area (Å²) in [5, 5.41) is 3.75. The first-order valence-electron chi connectivity index (χ1n) is 7.66. The molecule has 0 spiro atoms. The predicted octanol–water partition coefficient (Wildman–Crippen LogP) is 4.34. The largest absolute Gasteiger partial charge is 0.324 e. The van der Waals surface area contributed by atoms with Gasteiger partial charge in [0.1, 0.15) is 0 Å². The Morgan fingerprint density at radius 2 is 1.74 bits per heavy atom. The summed E-state index contributed by atoms with van der Waals surface area (Å²) in [6.45, 7) is 7.05. The van der Waals surface area contributed by atoms with E-state index in [1.54, 1.807) is 0 Å². The monoisotopic (exact) mass is 330 g/mol. The Balaban J connectivity index is 1.98. The van der Waals surface area contributed by atoms with E-state index in [0.29, 0.717) is 13.1 Å². The van der Waals surface area contributed by atoms with Gasteiger partial charge in [-0.3, -0.25) is 9.69 Å². The molecule has 0 radical (unpaired) electrons. The number of nitrogens with one attached hydrogen (secondary N) is 1. The highest BCUT2D eigenvalue weighted by atomic mass is 35.5. The van der Waals surface area contributed by atoms with Crippen molar-refractivity contribution >= 4 is 23.2 Å². The first kappa shape index (κ1) is 17.5. The van der Waals surface area contributed by atoms with E-state index < -0.39 is 0 Å². The van der Waals surface area contributed by atoms with Gasteiger partial charge in [-0.1, -0.05) is 47.5 Å². The summed E-state index contributed by atoms with van der Waals surface area (Å²) < 4.78 is 0. The number of anilines is 1. The predicted molar refractivity (Wildman–Crippen MR) is 97.1 cm³/mol. The van der Waals surface area contributed by atoms with Crippen LogP contribution in [0.5, 0.6) is 0 Å². The lowest BCUT2D eigenvalue weighted by Gasteiger charge is -2.18. The quantitative estimate of drug-likeness (QED) is 0.884. The Kier molecular flexibility index (Phi) is 5.80. The van der Waals surface area contributed by atoms with Gasteiger partial charge in [0.25, 0.3) is 0 Å². The van der Waals surface area contributed by atoms with Gasteiger partial charge in [-0.05, 0) is 50.6 Å². The Labute approximate surface area is 143 Å². The van der Waals surface area contributed by atoms with Crippen LogP contribution in [-0.2, 0) is 11.3 Å². The molecule has 2 rings (SSSR count). The molecule has 4 heteroatoms. The molecule has 0 saturated heterocycles. The number of carbonyl (C=O) groups is 1. The number of rotatable bonds is 5. The first-order valence-corrected chi connectivity index (χ1v) is 8.04. The minimum Gasteiger partial charge on any atom is -0.324 e. The van der Waals surface area contributed by atoms with Crippen molar-refractivity contribution in [2.45, 2.75) is 27.3 Å². The van der Waals surface area contributed by atoms with Crippen molar-refractivity contribution in [3.63, 3.8) is 0 Å². The number of aryl methyl sites for hydroxylation is 3. The molecule has 1 N–H and O–H groups in total. The average molecular weight is 331 g/mol. The molecule has 23 heavy (non-hydrogen) atoms. The third kappa shape index (κ3) is 4.81. The van der Waals surface area contributed by atoms with Crippen LogP contribution in [0.2, 0.25) is 5.02 Å². The molecule has 0 bridgehead atoms. The van der Waals surface area contributed by atoms with E-state index in [1.807, 2.05) is 50.1 Å². The number of benzene rings is 2. The fourth-order valence-electron chi connectivity index (χ4n) is 2.77. The van der Waals surface area contributed by atoms with Gasteiger partial charge < -0.3 is 5.32 Å². The molecule has 2 aromatic carbocycles. The summed E-state index contributed by atoms with van der Waals surface area (Å²) in [4.78, 5) is 14.3. The normalized spacial score (nSPS) is 10.9. The van der Waals surface area contributed by atoms with Crippen molar-refractivity contribution in [2.75, 3.05) is 18.9 Å². The molecule has 0 aliphatic heterocycles. The Bertz CT molecular complexity index is 689. The lowest BCUT2D eigenvalue weighted by molar-refractivity contribution is -0.117. The Hall–Kier alpha value is -1.84. The topological polar surface area (TPSA) is 32.3 Å². The van der Waals surface area contributed by atoms with Gasteiger partial charge >= 0.3 is 0 Å². The summed E-state index contributed by atoms with van der Waals surface area (Å²) in [5.74, 6) is -0.0189. The molecular formula is C19H23ClN2O. The molecule has 122 valence electrons. The van der Waals surface area contributed by atoms with Crippen molar-refractivity contribution in [3.8, 4) is 0 Å². The zero-order chi connectivity index (χ0) is 17.0. The van der Waals surface area contributed by atoms with E-state index in [4.69, 9.17) is 11.6 Å². The molecule has 0 fully saturated rings. The van der Waals surface area contributed by atoms with Crippen LogP contribution in [0.1, 0.15) is 22.3 Å². The maximum Gasteiger partial charge on any atom is 0.238 e. The molecule has 0 atom stereocenters. The second-order valence-corrected chi connectivity index (χ2v) is 6.49. The number of nitrogens with zero attached hydrogens (tertiary/aromatic N) is 1. The lowest BCUT2D eigenvalue weighted by Crippen LogP contribution is -2.30. The van der Waals surface area contributed by atoms with Crippen LogP contribution in [0, 0.1) is 20.8 Å². The fraction of sp³-hybridized carbons (Fsp3) is 0.316. The second kappa shape index (κ2) is 7.62. The molecule has 0 unspecified atom stereocenters. The van der Waals surface area contributed by atoms with Crippen molar-refractivity contribution in [1.29, 1.82) is 0 Å². The van der Waals surface area contributed by atoms with E-state index in [-0.39, 0.29) is 5.91 Å². The molecule has 0 heterocycles. The van der Waals surface area contributed by atoms with Crippen LogP contribution in [0.25, 0.3) is 0 Å². The zero-order valence-corrected chi connectivity index (χ0v) is 14.9. The summed E-state index contributed by atoms with van der Waals surface area (Å²) in [6.07, 6.45) is 0. The minimum absolute atomic E-state index is 0.0189. The fourth-order valence-corrected chi connectivity index (χ4v) is 2.97. The van der Waals surface area contributed by atoms with Crippen LogP contribution in [0.15, 0.2) is 36.4 Å². The Morgan fingerprint density at radius 3 is 2.35 bits per heavy atom. The van der Waals surface area contributed by atoms with Gasteiger partial charge in [0, 0.05) is 17.3 Å². The van der Waals surface area contributed by atoms with Gasteiger partial charge in [0.2, 0.25) is 5.91 Å². The van der Waals surface area contributed by atoms with Crippen LogP contribution in [-0.4, -0.2) is 24.4 Å². The molecule has 0 aliphatic rings. The molecule has 0 aliphatic carbocycles. The molecule has 3 nitrogen and oxygen atoms in total. The smallest absolute Gasteiger partial charge is 0.238 e. The van der Waals surface area contributed by atoms with Crippen molar-refractivity contribution in [2.24, 2.45) is 0 Å². The van der Waals surface area contributed by atoms with Gasteiger partial charge in [-0.25, -0.2) is 0 Å². The standard InChI is InChI=1S/C19H23ClN2O/c1-13-9-14(2)19(15(3)10-13)21-18(23)12-22(4)11-16-7-5-6-8-17(16)20/h5-10H,11-12H2,1-4H3,(H,21,23). The first-order chi connectivity index (χ1) is 10.9. The summed E-state index contributed by atoms with van der Waals surface area (Å²) in [6, 6.07) is 11.9. The third-order valence-electron chi connectivity index (χ3n) is 3.75. The van der Waals surface area contributed by atoms with Gasteiger partial charge in [-0.2, -0.15) is 0 Å². The van der Waals surface area contributed by atoms with E-state index in [9.17, 15) is 4.79 Å². The number of amides is 1. The number of likely N-dealkylation sites (N-methyl/N-ethyl adjacent to an activating group) is 1. The van der Waals surface area contributed by atoms with Gasteiger partial charge in [-0.15, -0.1) is 0 Å². The number of hydrogen-bond acceptors (Lipinski definition) is 2. The molecular weight excluding hydrogens is 308 g/mol. The summed E-state index contributed by atoms with van der Waals surface area (Å²) >= 11 is 6.16. The van der Waals surface area contributed by atoms with E-state index in [1.165, 1.54) is 5.56 Å².